The Kier molecular flexibility index (Phi) is 6.37. The number of nitrogens with one attached hydrogen (secondary N) is 1. The number of rotatable bonds is 7. The number of imidazole rings is 1. The smallest absolute Gasteiger partial charge is 0.224 e. The second-order valence-corrected chi connectivity index (χ2v) is 6.87. The average Bonchev–Trinajstić information content (AvgIpc) is 3.08. The molecule has 0 saturated carbocycles. The van der Waals surface area contributed by atoms with Crippen LogP contribution < -0.4 is 10.1 Å². The average molecular weight is 404 g/mol. The fourth-order valence-electron chi connectivity index (χ4n) is 2.63. The number of carbonyl (C=O) groups excluding carboxylic acids is 1. The Balaban J connectivity index is 1.64. The second-order valence-electron chi connectivity index (χ2n) is 6.00. The fraction of sp³-hybridized carbons (Fsp3) is 0.200. The molecule has 0 bridgehead atoms. The van der Waals surface area contributed by atoms with E-state index in [4.69, 9.17) is 27.9 Å². The van der Waals surface area contributed by atoms with Gasteiger partial charge in [0.25, 0.3) is 0 Å². The molecule has 1 heterocycles. The lowest BCUT2D eigenvalue weighted by Gasteiger charge is -2.19. The van der Waals surface area contributed by atoms with Crippen molar-refractivity contribution in [1.82, 2.24) is 14.9 Å². The first kappa shape index (κ1) is 19.3. The van der Waals surface area contributed by atoms with E-state index in [9.17, 15) is 4.79 Å². The van der Waals surface area contributed by atoms with Gasteiger partial charge < -0.3 is 14.6 Å². The zero-order valence-corrected chi connectivity index (χ0v) is 16.2. The molecular weight excluding hydrogens is 385 g/mol. The van der Waals surface area contributed by atoms with E-state index in [0.29, 0.717) is 15.8 Å². The Morgan fingerprint density at radius 2 is 1.74 bits per heavy atom. The third-order valence-corrected chi connectivity index (χ3v) is 4.54. The number of ether oxygens (including phenoxy) is 1. The van der Waals surface area contributed by atoms with Gasteiger partial charge in [-0.15, -0.1) is 0 Å². The van der Waals surface area contributed by atoms with Gasteiger partial charge >= 0.3 is 0 Å². The number of benzene rings is 2. The normalized spacial score (nSPS) is 11.8. The van der Waals surface area contributed by atoms with Crippen molar-refractivity contribution in [3.8, 4) is 5.75 Å². The highest BCUT2D eigenvalue weighted by atomic mass is 35.5. The van der Waals surface area contributed by atoms with Gasteiger partial charge in [-0.2, -0.15) is 0 Å². The number of nitrogens with zero attached hydrogens (tertiary/aromatic N) is 2. The quantitative estimate of drug-likeness (QED) is 0.635. The van der Waals surface area contributed by atoms with Gasteiger partial charge in [-0.3, -0.25) is 4.79 Å². The molecule has 7 heteroatoms. The molecule has 140 valence electrons. The second kappa shape index (κ2) is 8.93. The van der Waals surface area contributed by atoms with Gasteiger partial charge in [0.1, 0.15) is 17.6 Å². The summed E-state index contributed by atoms with van der Waals surface area (Å²) in [5.74, 6) is 1.28. The molecule has 0 aliphatic carbocycles. The number of aromatic nitrogens is 2. The summed E-state index contributed by atoms with van der Waals surface area (Å²) < 4.78 is 7.47. The Bertz CT molecular complexity index is 892. The standard InChI is InChI=1S/C20H19Cl2N3O2/c1-25-12-11-23-20(25)19(14-2-4-15(21)5-3-14)24-18(26)10-13-27-17-8-6-16(22)7-9-17/h2-9,11-12,19H,10,13H2,1H3,(H,24,26)/t19-/m0/s1. The van der Waals surface area contributed by atoms with Crippen molar-refractivity contribution in [2.75, 3.05) is 6.61 Å². The zero-order valence-electron chi connectivity index (χ0n) is 14.7. The van der Waals surface area contributed by atoms with Crippen LogP contribution in [-0.2, 0) is 11.8 Å². The molecule has 1 N–H and O–H groups in total. The molecule has 1 aromatic heterocycles. The predicted molar refractivity (Wildman–Crippen MR) is 106 cm³/mol. The zero-order chi connectivity index (χ0) is 19.2. The van der Waals surface area contributed by atoms with E-state index in [1.165, 1.54) is 0 Å². The number of amides is 1. The molecule has 0 unspecified atom stereocenters. The number of hydrogen-bond acceptors (Lipinski definition) is 3. The minimum Gasteiger partial charge on any atom is -0.493 e. The monoisotopic (exact) mass is 403 g/mol. The van der Waals surface area contributed by atoms with Crippen molar-refractivity contribution in [1.29, 1.82) is 0 Å². The third-order valence-electron chi connectivity index (χ3n) is 4.04. The molecule has 0 radical (unpaired) electrons. The first-order valence-corrected chi connectivity index (χ1v) is 9.19. The van der Waals surface area contributed by atoms with Gasteiger partial charge in [-0.25, -0.2) is 4.98 Å². The van der Waals surface area contributed by atoms with Crippen LogP contribution in [0, 0.1) is 0 Å². The Morgan fingerprint density at radius 3 is 2.33 bits per heavy atom. The number of aryl methyl sites for hydroxylation is 1. The van der Waals surface area contributed by atoms with Crippen LogP contribution in [0.3, 0.4) is 0 Å². The van der Waals surface area contributed by atoms with E-state index in [1.54, 1.807) is 42.6 Å². The van der Waals surface area contributed by atoms with Gasteiger partial charge in [-0.1, -0.05) is 35.3 Å². The fourth-order valence-corrected chi connectivity index (χ4v) is 2.89. The van der Waals surface area contributed by atoms with E-state index in [2.05, 4.69) is 10.3 Å². The predicted octanol–water partition coefficient (Wildman–Crippen LogP) is 4.40. The van der Waals surface area contributed by atoms with Crippen LogP contribution in [0.1, 0.15) is 23.9 Å². The molecule has 27 heavy (non-hydrogen) atoms. The molecule has 1 atom stereocenters. The molecular formula is C20H19Cl2N3O2. The van der Waals surface area contributed by atoms with E-state index in [0.717, 1.165) is 11.4 Å². The highest BCUT2D eigenvalue weighted by Crippen LogP contribution is 2.22. The summed E-state index contributed by atoms with van der Waals surface area (Å²) in [7, 11) is 1.89. The maximum atomic E-state index is 12.5. The highest BCUT2D eigenvalue weighted by Gasteiger charge is 2.20. The van der Waals surface area contributed by atoms with Crippen molar-refractivity contribution >= 4 is 29.1 Å². The topological polar surface area (TPSA) is 56.2 Å². The molecule has 0 aliphatic rings. The summed E-state index contributed by atoms with van der Waals surface area (Å²) in [4.78, 5) is 16.8. The van der Waals surface area contributed by atoms with Crippen LogP contribution >= 0.6 is 23.2 Å². The molecule has 2 aromatic carbocycles. The molecule has 3 aromatic rings. The largest absolute Gasteiger partial charge is 0.493 e. The molecule has 3 rings (SSSR count). The molecule has 0 saturated heterocycles. The maximum Gasteiger partial charge on any atom is 0.224 e. The molecule has 5 nitrogen and oxygen atoms in total. The molecule has 0 spiro atoms. The first-order chi connectivity index (χ1) is 13.0. The number of halogens is 2. The van der Waals surface area contributed by atoms with Crippen LogP contribution in [0.15, 0.2) is 60.9 Å². The van der Waals surface area contributed by atoms with E-state index in [1.807, 2.05) is 29.9 Å². The van der Waals surface area contributed by atoms with Gasteiger partial charge in [0.05, 0.1) is 13.0 Å². The van der Waals surface area contributed by atoms with Crippen molar-refractivity contribution in [3.05, 3.63) is 82.4 Å². The summed E-state index contributed by atoms with van der Waals surface area (Å²) in [6.07, 6.45) is 3.76. The lowest BCUT2D eigenvalue weighted by atomic mass is 10.1. The minimum absolute atomic E-state index is 0.132. The first-order valence-electron chi connectivity index (χ1n) is 8.43. The SMILES string of the molecule is Cn1ccnc1[C@@H](NC(=O)CCOc1ccc(Cl)cc1)c1ccc(Cl)cc1. The van der Waals surface area contributed by atoms with E-state index in [-0.39, 0.29) is 25.0 Å². The van der Waals surface area contributed by atoms with Crippen LogP contribution in [-0.4, -0.2) is 22.1 Å². The van der Waals surface area contributed by atoms with Crippen LogP contribution in [0.5, 0.6) is 5.75 Å². The number of carbonyl (C=O) groups is 1. The van der Waals surface area contributed by atoms with Crippen molar-refractivity contribution < 1.29 is 9.53 Å². The van der Waals surface area contributed by atoms with Gasteiger partial charge in [0.2, 0.25) is 5.91 Å². The highest BCUT2D eigenvalue weighted by molar-refractivity contribution is 6.30. The number of hydrogen-bond donors (Lipinski definition) is 1. The Morgan fingerprint density at radius 1 is 1.11 bits per heavy atom. The van der Waals surface area contributed by atoms with Gasteiger partial charge in [0, 0.05) is 29.5 Å². The van der Waals surface area contributed by atoms with E-state index >= 15 is 0 Å². The van der Waals surface area contributed by atoms with Gasteiger partial charge in [-0.05, 0) is 42.0 Å². The summed E-state index contributed by atoms with van der Waals surface area (Å²) in [5, 5.41) is 4.30. The van der Waals surface area contributed by atoms with Crippen molar-refractivity contribution in [2.45, 2.75) is 12.5 Å². The lowest BCUT2D eigenvalue weighted by Crippen LogP contribution is -2.31. The summed E-state index contributed by atoms with van der Waals surface area (Å²) in [6.45, 7) is 0.265. The third kappa shape index (κ3) is 5.25. The van der Waals surface area contributed by atoms with Gasteiger partial charge in [0.15, 0.2) is 0 Å². The Labute approximate surface area is 167 Å². The van der Waals surface area contributed by atoms with Crippen LogP contribution in [0.4, 0.5) is 0 Å². The van der Waals surface area contributed by atoms with Crippen LogP contribution in [0.25, 0.3) is 0 Å². The summed E-state index contributed by atoms with van der Waals surface area (Å²) in [6, 6.07) is 14.0. The Hall–Kier alpha value is -2.50. The molecule has 0 aliphatic heterocycles. The molecule has 1 amide bonds. The van der Waals surface area contributed by atoms with E-state index < -0.39 is 0 Å². The maximum absolute atomic E-state index is 12.5. The van der Waals surface area contributed by atoms with Crippen molar-refractivity contribution in [3.63, 3.8) is 0 Å². The lowest BCUT2D eigenvalue weighted by molar-refractivity contribution is -0.122. The van der Waals surface area contributed by atoms with Crippen LogP contribution in [0.2, 0.25) is 10.0 Å². The molecule has 0 fully saturated rings. The summed E-state index contributed by atoms with van der Waals surface area (Å²) in [5.41, 5.74) is 0.903. The van der Waals surface area contributed by atoms with Crippen molar-refractivity contribution in [2.24, 2.45) is 7.05 Å². The minimum atomic E-state index is -0.370. The summed E-state index contributed by atoms with van der Waals surface area (Å²) >= 11 is 11.8.